The molecular weight excluding hydrogens is 336 g/mol. The van der Waals surface area contributed by atoms with Crippen molar-refractivity contribution < 1.29 is 0 Å². The summed E-state index contributed by atoms with van der Waals surface area (Å²) in [6.45, 7) is 10.7. The summed E-state index contributed by atoms with van der Waals surface area (Å²) in [5, 5.41) is 10.4. The Bertz CT molecular complexity index is 615. The number of H-pyrrole nitrogens is 1. The number of nitrogens with one attached hydrogen (secondary N) is 2. The molecule has 152 valence electrons. The van der Waals surface area contributed by atoms with E-state index in [4.69, 9.17) is 5.73 Å². The van der Waals surface area contributed by atoms with E-state index < -0.39 is 0 Å². The molecule has 0 bridgehead atoms. The second-order valence-electron chi connectivity index (χ2n) is 6.89. The molecule has 1 saturated carbocycles. The SMILES string of the molecule is CC.CC1CCCCC1.CCC(CC)c1cc(Nc2ccnc(N)n2)n[nH]1. The zero-order valence-electron chi connectivity index (χ0n) is 17.8. The zero-order valence-corrected chi connectivity index (χ0v) is 17.8. The average molecular weight is 375 g/mol. The molecule has 27 heavy (non-hydrogen) atoms. The Balaban J connectivity index is 0.000000338. The standard InChI is InChI=1S/C12H18N6.C7H14.C2H6/c1-3-8(4-2)9-7-11(18-17-9)15-10-5-6-14-12(13)16-10;1-7-5-3-2-4-6-7;1-2/h5-8H,3-4H2,1-2H3,(H4,13,14,15,16,17,18);7H,2-6H2,1H3;1-2H3. The number of rotatable bonds is 5. The maximum absolute atomic E-state index is 5.52. The van der Waals surface area contributed by atoms with Gasteiger partial charge in [0.05, 0.1) is 0 Å². The molecule has 2 heterocycles. The van der Waals surface area contributed by atoms with E-state index in [1.54, 1.807) is 12.3 Å². The highest BCUT2D eigenvalue weighted by atomic mass is 15.2. The van der Waals surface area contributed by atoms with Gasteiger partial charge in [-0.3, -0.25) is 5.10 Å². The Kier molecular flexibility index (Phi) is 11.1. The highest BCUT2D eigenvalue weighted by Gasteiger charge is 2.10. The molecule has 0 amide bonds. The summed E-state index contributed by atoms with van der Waals surface area (Å²) in [5.74, 6) is 3.19. The van der Waals surface area contributed by atoms with Crippen LogP contribution in [0.15, 0.2) is 18.3 Å². The van der Waals surface area contributed by atoms with Crippen LogP contribution in [0.4, 0.5) is 17.6 Å². The van der Waals surface area contributed by atoms with Gasteiger partial charge >= 0.3 is 0 Å². The van der Waals surface area contributed by atoms with Gasteiger partial charge < -0.3 is 11.1 Å². The Morgan fingerprint density at radius 2 is 1.81 bits per heavy atom. The lowest BCUT2D eigenvalue weighted by Gasteiger charge is -2.15. The van der Waals surface area contributed by atoms with Crippen molar-refractivity contribution in [2.75, 3.05) is 11.1 Å². The summed E-state index contributed by atoms with van der Waals surface area (Å²) in [6, 6.07) is 3.76. The van der Waals surface area contributed by atoms with Gasteiger partial charge in [-0.25, -0.2) is 4.98 Å². The van der Waals surface area contributed by atoms with Crippen LogP contribution < -0.4 is 11.1 Å². The molecule has 0 saturated heterocycles. The van der Waals surface area contributed by atoms with E-state index in [-0.39, 0.29) is 5.95 Å². The monoisotopic (exact) mass is 374 g/mol. The number of aromatic nitrogens is 4. The summed E-state index contributed by atoms with van der Waals surface area (Å²) in [4.78, 5) is 7.90. The van der Waals surface area contributed by atoms with E-state index in [1.807, 2.05) is 19.9 Å². The summed E-state index contributed by atoms with van der Waals surface area (Å²) in [5.41, 5.74) is 6.66. The molecule has 0 radical (unpaired) electrons. The van der Waals surface area contributed by atoms with Crippen LogP contribution in [0.2, 0.25) is 0 Å². The third kappa shape index (κ3) is 8.41. The molecule has 0 aromatic carbocycles. The smallest absolute Gasteiger partial charge is 0.221 e. The number of aromatic amines is 1. The molecule has 1 aliphatic carbocycles. The minimum atomic E-state index is 0.246. The van der Waals surface area contributed by atoms with Crippen LogP contribution in [0, 0.1) is 5.92 Å². The first-order valence-electron chi connectivity index (χ1n) is 10.5. The minimum absolute atomic E-state index is 0.246. The van der Waals surface area contributed by atoms with Crippen LogP contribution in [0.3, 0.4) is 0 Å². The number of anilines is 3. The Labute approximate surface area is 164 Å². The molecular formula is C21H38N6. The Morgan fingerprint density at radius 3 is 2.33 bits per heavy atom. The lowest BCUT2D eigenvalue weighted by Crippen LogP contribution is -1.99. The normalized spacial score (nSPS) is 14.0. The topological polar surface area (TPSA) is 92.5 Å². The maximum Gasteiger partial charge on any atom is 0.221 e. The number of nitrogen functional groups attached to an aromatic ring is 1. The third-order valence-electron chi connectivity index (χ3n) is 4.85. The molecule has 2 aromatic rings. The van der Waals surface area contributed by atoms with Crippen LogP contribution in [0.25, 0.3) is 0 Å². The van der Waals surface area contributed by atoms with Crippen molar-refractivity contribution in [1.82, 2.24) is 20.2 Å². The fourth-order valence-electron chi connectivity index (χ4n) is 3.22. The molecule has 1 fully saturated rings. The highest BCUT2D eigenvalue weighted by molar-refractivity contribution is 5.52. The predicted molar refractivity (Wildman–Crippen MR) is 115 cm³/mol. The first-order chi connectivity index (χ1) is 13.1. The lowest BCUT2D eigenvalue weighted by atomic mass is 9.91. The molecule has 1 aliphatic rings. The fraction of sp³-hybridized carbons (Fsp3) is 0.667. The van der Waals surface area contributed by atoms with Crippen molar-refractivity contribution in [3.05, 3.63) is 24.0 Å². The van der Waals surface area contributed by atoms with E-state index in [0.717, 1.165) is 30.3 Å². The molecule has 4 N–H and O–H groups in total. The first-order valence-corrected chi connectivity index (χ1v) is 10.5. The minimum Gasteiger partial charge on any atom is -0.368 e. The van der Waals surface area contributed by atoms with E-state index in [0.29, 0.717) is 11.7 Å². The van der Waals surface area contributed by atoms with Gasteiger partial charge in [-0.15, -0.1) is 0 Å². The van der Waals surface area contributed by atoms with Crippen molar-refractivity contribution >= 4 is 17.6 Å². The van der Waals surface area contributed by atoms with Gasteiger partial charge in [0, 0.05) is 23.9 Å². The van der Waals surface area contributed by atoms with Gasteiger partial charge in [0.1, 0.15) is 5.82 Å². The van der Waals surface area contributed by atoms with Crippen molar-refractivity contribution in [3.8, 4) is 0 Å². The molecule has 2 aromatic heterocycles. The lowest BCUT2D eigenvalue weighted by molar-refractivity contribution is 0.385. The molecule has 6 nitrogen and oxygen atoms in total. The summed E-state index contributed by atoms with van der Waals surface area (Å²) < 4.78 is 0. The largest absolute Gasteiger partial charge is 0.368 e. The van der Waals surface area contributed by atoms with Gasteiger partial charge in [-0.05, 0) is 24.8 Å². The Hall–Kier alpha value is -2.11. The molecule has 6 heteroatoms. The highest BCUT2D eigenvalue weighted by Crippen LogP contribution is 2.24. The predicted octanol–water partition coefficient (Wildman–Crippen LogP) is 6.04. The van der Waals surface area contributed by atoms with Crippen molar-refractivity contribution in [2.24, 2.45) is 5.92 Å². The second-order valence-corrected chi connectivity index (χ2v) is 6.89. The molecule has 0 spiro atoms. The number of nitrogens with two attached hydrogens (primary N) is 1. The van der Waals surface area contributed by atoms with Gasteiger partial charge in [-0.2, -0.15) is 10.1 Å². The van der Waals surface area contributed by atoms with Crippen LogP contribution >= 0.6 is 0 Å². The Morgan fingerprint density at radius 1 is 1.15 bits per heavy atom. The average Bonchev–Trinajstić information content (AvgIpc) is 3.14. The third-order valence-corrected chi connectivity index (χ3v) is 4.85. The second kappa shape index (κ2) is 13.1. The quantitative estimate of drug-likeness (QED) is 0.593. The van der Waals surface area contributed by atoms with E-state index >= 15 is 0 Å². The van der Waals surface area contributed by atoms with Crippen molar-refractivity contribution in [3.63, 3.8) is 0 Å². The molecule has 0 aliphatic heterocycles. The fourth-order valence-corrected chi connectivity index (χ4v) is 3.22. The van der Waals surface area contributed by atoms with E-state index in [9.17, 15) is 0 Å². The number of nitrogens with zero attached hydrogens (tertiary/aromatic N) is 3. The summed E-state index contributed by atoms with van der Waals surface area (Å²) >= 11 is 0. The van der Waals surface area contributed by atoms with Crippen molar-refractivity contribution in [1.29, 1.82) is 0 Å². The van der Waals surface area contributed by atoms with Gasteiger partial charge in [0.25, 0.3) is 0 Å². The molecule has 3 rings (SSSR count). The first kappa shape index (κ1) is 22.9. The molecule has 0 unspecified atom stereocenters. The van der Waals surface area contributed by atoms with Crippen LogP contribution in [-0.2, 0) is 0 Å². The van der Waals surface area contributed by atoms with Gasteiger partial charge in [0.2, 0.25) is 5.95 Å². The summed E-state index contributed by atoms with van der Waals surface area (Å²) in [7, 11) is 0. The zero-order chi connectivity index (χ0) is 20.1. The van der Waals surface area contributed by atoms with Crippen LogP contribution in [0.5, 0.6) is 0 Å². The van der Waals surface area contributed by atoms with E-state index in [1.165, 1.54) is 32.1 Å². The molecule has 0 atom stereocenters. The van der Waals surface area contributed by atoms with Gasteiger partial charge in [-0.1, -0.05) is 66.7 Å². The van der Waals surface area contributed by atoms with Gasteiger partial charge in [0.15, 0.2) is 5.82 Å². The number of hydrogen-bond acceptors (Lipinski definition) is 5. The number of hydrogen-bond donors (Lipinski definition) is 3. The van der Waals surface area contributed by atoms with E-state index in [2.05, 4.69) is 46.3 Å². The van der Waals surface area contributed by atoms with Crippen LogP contribution in [0.1, 0.15) is 91.2 Å². The van der Waals surface area contributed by atoms with Crippen LogP contribution in [-0.4, -0.2) is 20.2 Å². The van der Waals surface area contributed by atoms with Crippen molar-refractivity contribution in [2.45, 2.75) is 85.5 Å². The maximum atomic E-state index is 5.52. The summed E-state index contributed by atoms with van der Waals surface area (Å²) in [6.07, 6.45) is 11.2.